The Bertz CT molecular complexity index is 2970. The Morgan fingerprint density at radius 1 is 0.545 bits per heavy atom. The third-order valence-electron chi connectivity index (χ3n) is 13.8. The maximum absolute atomic E-state index is 4.15. The lowest BCUT2D eigenvalue weighted by molar-refractivity contribution is 0.332. The first-order valence-electron chi connectivity index (χ1n) is 20.1. The number of aromatic nitrogens is 1. The lowest BCUT2D eigenvalue weighted by atomic mass is 9.58. The summed E-state index contributed by atoms with van der Waals surface area (Å²) in [5.41, 5.74) is 21.0. The summed E-state index contributed by atoms with van der Waals surface area (Å²) in [6.45, 7) is 16.8. The second-order valence-corrected chi connectivity index (χ2v) is 18.4. The fourth-order valence-corrected chi connectivity index (χ4v) is 10.6. The number of benzene rings is 7. The second kappa shape index (κ2) is 11.0. The number of hydrogen-bond acceptors (Lipinski definition) is 1. The number of hydrogen-bond donors (Lipinski definition) is 1. The molecule has 0 bridgehead atoms. The van der Waals surface area contributed by atoms with Crippen LogP contribution in [0, 0.1) is 6.92 Å². The third-order valence-corrected chi connectivity index (χ3v) is 13.8. The molecule has 8 aromatic rings. The Labute approximate surface area is 325 Å². The molecule has 3 aliphatic rings. The molecule has 1 aromatic heterocycles. The number of fused-ring (bicyclic) bond motifs is 11. The van der Waals surface area contributed by atoms with Gasteiger partial charge in [0.15, 0.2) is 7.28 Å². The van der Waals surface area contributed by atoms with Gasteiger partial charge in [-0.1, -0.05) is 138 Å². The summed E-state index contributed by atoms with van der Waals surface area (Å²) >= 11 is 0. The Morgan fingerprint density at radius 2 is 1.22 bits per heavy atom. The molecular weight excluding hydrogens is 663 g/mol. The van der Waals surface area contributed by atoms with Gasteiger partial charge < -0.3 is 9.88 Å². The van der Waals surface area contributed by atoms with Crippen molar-refractivity contribution in [1.82, 2.24) is 4.57 Å². The van der Waals surface area contributed by atoms with Crippen molar-refractivity contribution < 1.29 is 0 Å². The second-order valence-electron chi connectivity index (χ2n) is 18.4. The van der Waals surface area contributed by atoms with E-state index >= 15 is 0 Å². The molecule has 0 saturated carbocycles. The van der Waals surface area contributed by atoms with Gasteiger partial charge in [0.1, 0.15) is 0 Å². The van der Waals surface area contributed by atoms with Gasteiger partial charge in [-0.15, -0.1) is 0 Å². The molecule has 1 aliphatic heterocycles. The molecular formula is C52H46BN2. The van der Waals surface area contributed by atoms with E-state index in [0.29, 0.717) is 0 Å². The largest absolute Gasteiger partial charge is 0.355 e. The van der Waals surface area contributed by atoms with Crippen molar-refractivity contribution in [2.24, 2.45) is 0 Å². The van der Waals surface area contributed by atoms with E-state index in [9.17, 15) is 0 Å². The number of nitrogens with zero attached hydrogens (tertiary/aromatic N) is 1. The fourth-order valence-electron chi connectivity index (χ4n) is 10.6. The molecule has 0 atom stereocenters. The minimum Gasteiger partial charge on any atom is -0.355 e. The van der Waals surface area contributed by atoms with E-state index in [4.69, 9.17) is 0 Å². The van der Waals surface area contributed by atoms with Crippen LogP contribution in [0.2, 0.25) is 0 Å². The van der Waals surface area contributed by atoms with Crippen molar-refractivity contribution in [1.29, 1.82) is 0 Å². The summed E-state index contributed by atoms with van der Waals surface area (Å²) in [5, 5.41) is 9.26. The Kier molecular flexibility index (Phi) is 6.59. The maximum atomic E-state index is 4.15. The molecule has 1 N–H and O–H groups in total. The average molecular weight is 710 g/mol. The Morgan fingerprint density at radius 3 is 2.04 bits per heavy atom. The van der Waals surface area contributed by atoms with Gasteiger partial charge in [0, 0.05) is 49.7 Å². The van der Waals surface area contributed by atoms with Crippen LogP contribution < -0.4 is 16.2 Å². The predicted molar refractivity (Wildman–Crippen MR) is 236 cm³/mol. The molecule has 0 unspecified atom stereocenters. The number of rotatable bonds is 3. The maximum Gasteiger partial charge on any atom is 0.197 e. The molecule has 2 heterocycles. The lowest BCUT2D eigenvalue weighted by Gasteiger charge is -2.42. The number of para-hydroxylation sites is 2. The quantitative estimate of drug-likeness (QED) is 0.181. The van der Waals surface area contributed by atoms with E-state index in [-0.39, 0.29) is 16.2 Å². The highest BCUT2D eigenvalue weighted by Gasteiger charge is 2.39. The monoisotopic (exact) mass is 709 g/mol. The molecule has 7 aromatic carbocycles. The zero-order valence-corrected chi connectivity index (χ0v) is 33.0. The average Bonchev–Trinajstić information content (AvgIpc) is 3.63. The first-order valence-corrected chi connectivity index (χ1v) is 20.1. The van der Waals surface area contributed by atoms with Crippen molar-refractivity contribution >= 4 is 62.2 Å². The topological polar surface area (TPSA) is 17.0 Å². The van der Waals surface area contributed by atoms with Gasteiger partial charge in [-0.05, 0) is 116 Å². The molecule has 0 fully saturated rings. The minimum absolute atomic E-state index is 0.115. The van der Waals surface area contributed by atoms with Gasteiger partial charge in [0.25, 0.3) is 0 Å². The van der Waals surface area contributed by atoms with Crippen molar-refractivity contribution in [2.75, 3.05) is 5.32 Å². The highest BCUT2D eigenvalue weighted by atomic mass is 15.0. The normalized spacial score (nSPS) is 16.7. The standard InChI is InChI=1S/C52H46BN2/c1-30-25-41-42(51(4,5)24-23-50(41,2)3)29-44(30)54-45-28-40-36(33-17-10-12-20-39(33)52(40,6)7)27-37(45)38-26-31-15-8-9-16-32(31)49-47(38)53-43-21-14-19-35-34-18-11-13-22-46(34)55(49)48(35)43/h8-22,25-29,54H,23-24H2,1-7H3. The molecule has 0 spiro atoms. The van der Waals surface area contributed by atoms with E-state index in [0.717, 1.165) is 5.69 Å². The van der Waals surface area contributed by atoms with Crippen molar-refractivity contribution in [3.05, 3.63) is 149 Å². The van der Waals surface area contributed by atoms with E-state index in [1.807, 2.05) is 0 Å². The Balaban J connectivity index is 1.22. The summed E-state index contributed by atoms with van der Waals surface area (Å²) < 4.78 is 2.55. The fraction of sp³-hybridized carbons (Fsp3) is 0.231. The number of aryl methyl sites for hydroxylation is 1. The Hall–Kier alpha value is -5.54. The van der Waals surface area contributed by atoms with Crippen LogP contribution in [-0.4, -0.2) is 11.8 Å². The number of anilines is 2. The van der Waals surface area contributed by atoms with Gasteiger partial charge in [-0.25, -0.2) is 0 Å². The van der Waals surface area contributed by atoms with E-state index in [2.05, 4.69) is 187 Å². The molecule has 0 amide bonds. The van der Waals surface area contributed by atoms with Crippen LogP contribution in [-0.2, 0) is 16.2 Å². The highest BCUT2D eigenvalue weighted by Crippen LogP contribution is 2.53. The zero-order chi connectivity index (χ0) is 37.6. The SMILES string of the molecule is Cc1cc2c(cc1Nc1cc3c(cc1-c1cc4ccccc4c4c1[B]c1cccc5c6ccccc6n-4c15)-c1ccccc1C3(C)C)C(C)(C)CCC2(C)C. The zero-order valence-electron chi connectivity index (χ0n) is 33.0. The summed E-state index contributed by atoms with van der Waals surface area (Å²) in [4.78, 5) is 0. The van der Waals surface area contributed by atoms with Crippen LogP contribution >= 0.6 is 0 Å². The van der Waals surface area contributed by atoms with Gasteiger partial charge in [-0.3, -0.25) is 0 Å². The van der Waals surface area contributed by atoms with Crippen molar-refractivity contribution in [3.63, 3.8) is 0 Å². The summed E-state index contributed by atoms with van der Waals surface area (Å²) in [7, 11) is 2.46. The minimum atomic E-state index is -0.124. The smallest absolute Gasteiger partial charge is 0.197 e. The summed E-state index contributed by atoms with van der Waals surface area (Å²) in [6, 6.07) is 46.1. The third kappa shape index (κ3) is 4.50. The van der Waals surface area contributed by atoms with E-state index < -0.39 is 0 Å². The highest BCUT2D eigenvalue weighted by molar-refractivity contribution is 6.74. The molecule has 11 rings (SSSR count). The van der Waals surface area contributed by atoms with Gasteiger partial charge in [0.05, 0.1) is 5.52 Å². The first-order chi connectivity index (χ1) is 26.4. The predicted octanol–water partition coefficient (Wildman–Crippen LogP) is 12.3. The van der Waals surface area contributed by atoms with Crippen LogP contribution in [0.1, 0.15) is 82.2 Å². The molecule has 0 saturated heterocycles. The summed E-state index contributed by atoms with van der Waals surface area (Å²) in [5.74, 6) is 0. The van der Waals surface area contributed by atoms with Crippen LogP contribution in [0.4, 0.5) is 11.4 Å². The first kappa shape index (κ1) is 32.9. The van der Waals surface area contributed by atoms with Crippen LogP contribution in [0.25, 0.3) is 60.5 Å². The van der Waals surface area contributed by atoms with Gasteiger partial charge >= 0.3 is 0 Å². The number of nitrogens with one attached hydrogen (secondary N) is 1. The molecule has 3 heteroatoms. The molecule has 2 nitrogen and oxygen atoms in total. The van der Waals surface area contributed by atoms with Crippen molar-refractivity contribution in [3.8, 4) is 27.9 Å². The van der Waals surface area contributed by atoms with Crippen LogP contribution in [0.15, 0.2) is 121 Å². The van der Waals surface area contributed by atoms with Gasteiger partial charge in [-0.2, -0.15) is 0 Å². The van der Waals surface area contributed by atoms with E-state index in [1.54, 1.807) is 0 Å². The van der Waals surface area contributed by atoms with Crippen molar-refractivity contribution in [2.45, 2.75) is 77.6 Å². The molecule has 2 aliphatic carbocycles. The molecule has 55 heavy (non-hydrogen) atoms. The van der Waals surface area contributed by atoms with E-state index in [1.165, 1.54) is 118 Å². The lowest BCUT2D eigenvalue weighted by Crippen LogP contribution is -2.37. The van der Waals surface area contributed by atoms with Crippen LogP contribution in [0.5, 0.6) is 0 Å². The summed E-state index contributed by atoms with van der Waals surface area (Å²) in [6.07, 6.45) is 2.40. The van der Waals surface area contributed by atoms with Crippen LogP contribution in [0.3, 0.4) is 0 Å². The van der Waals surface area contributed by atoms with Gasteiger partial charge in [0.2, 0.25) is 0 Å². The molecule has 267 valence electrons. The molecule has 1 radical (unpaired) electrons.